The molecule has 1 aliphatic rings. The highest BCUT2D eigenvalue weighted by Crippen LogP contribution is 2.35. The summed E-state index contributed by atoms with van der Waals surface area (Å²) in [6.07, 6.45) is 8.81. The van der Waals surface area contributed by atoms with Crippen LogP contribution in [0.4, 0.5) is 5.69 Å². The first-order valence-corrected chi connectivity index (χ1v) is 24.3. The van der Waals surface area contributed by atoms with Crippen LogP contribution in [-0.2, 0) is 36.9 Å². The number of carboxylic acid groups (broad SMARTS) is 1. The Bertz CT molecular complexity index is 2070. The summed E-state index contributed by atoms with van der Waals surface area (Å²) >= 11 is 5.06. The van der Waals surface area contributed by atoms with Gasteiger partial charge in [-0.25, -0.2) is 0 Å². The number of anilines is 1. The van der Waals surface area contributed by atoms with Gasteiger partial charge in [0.1, 0.15) is 5.75 Å². The summed E-state index contributed by atoms with van der Waals surface area (Å²) in [5, 5.41) is 27.1. The first kappa shape index (κ1) is 48.2. The van der Waals surface area contributed by atoms with E-state index in [1.165, 1.54) is 38.2 Å². The number of aliphatic carboxylic acids is 1. The lowest BCUT2D eigenvalue weighted by molar-refractivity contribution is -0.141. The maximum Gasteiger partial charge on any atom is 0.315 e. The molecule has 0 aliphatic carbocycles. The third kappa shape index (κ3) is 15.8. The maximum absolute atomic E-state index is 13.2. The van der Waals surface area contributed by atoms with Crippen LogP contribution in [0, 0.1) is 19.8 Å². The van der Waals surface area contributed by atoms with E-state index in [2.05, 4.69) is 68.7 Å². The van der Waals surface area contributed by atoms with Crippen LogP contribution in [0.3, 0.4) is 0 Å². The number of amides is 3. The minimum Gasteiger partial charge on any atom is -0.481 e. The molecule has 0 radical (unpaired) electrons. The van der Waals surface area contributed by atoms with Crippen LogP contribution in [0.25, 0.3) is 5.57 Å². The van der Waals surface area contributed by atoms with E-state index < -0.39 is 5.97 Å². The second-order valence-corrected chi connectivity index (χ2v) is 18.4. The van der Waals surface area contributed by atoms with Gasteiger partial charge in [-0.15, -0.1) is 27.8 Å². The van der Waals surface area contributed by atoms with Gasteiger partial charge in [0.2, 0.25) is 17.7 Å². The third-order valence-electron chi connectivity index (χ3n) is 10.5. The number of hydrogen-bond donors (Lipinski definition) is 3. The molecule has 0 saturated carbocycles. The van der Waals surface area contributed by atoms with Crippen LogP contribution in [-0.4, -0.2) is 110 Å². The molecule has 334 valence electrons. The van der Waals surface area contributed by atoms with Crippen molar-refractivity contribution in [1.82, 2.24) is 30.1 Å². The van der Waals surface area contributed by atoms with Gasteiger partial charge in [-0.1, -0.05) is 18.2 Å². The van der Waals surface area contributed by atoms with Crippen molar-refractivity contribution in [2.45, 2.75) is 85.1 Å². The van der Waals surface area contributed by atoms with Gasteiger partial charge in [0, 0.05) is 90.7 Å². The van der Waals surface area contributed by atoms with Crippen molar-refractivity contribution >= 4 is 75.4 Å². The zero-order valence-corrected chi connectivity index (χ0v) is 38.4. The third-order valence-corrected chi connectivity index (χ3v) is 13.6. The molecule has 17 heteroatoms. The van der Waals surface area contributed by atoms with E-state index in [0.29, 0.717) is 81.3 Å². The van der Waals surface area contributed by atoms with Crippen molar-refractivity contribution in [3.8, 4) is 5.75 Å². The van der Waals surface area contributed by atoms with E-state index in [0.717, 1.165) is 38.0 Å². The van der Waals surface area contributed by atoms with Crippen molar-refractivity contribution < 1.29 is 33.8 Å². The molecule has 0 unspecified atom stereocenters. The number of nitrogens with one attached hydrogen (secondary N) is 2. The molecule has 3 amide bonds. The number of benzene rings is 1. The zero-order valence-electron chi connectivity index (χ0n) is 35.9. The number of likely N-dealkylation sites (tertiary alicyclic amines) is 1. The summed E-state index contributed by atoms with van der Waals surface area (Å²) in [6, 6.07) is 11.2. The Kier molecular flexibility index (Phi) is 19.7. The standard InChI is InChI=1S/C45H59N7O7S3/c1-4-41(55)51(25-29-60-26-19-42(56)57)24-20-46-39(53)11-5-9-36-31-52(49-48-36)23-16-40(54)47-35-12-14-37(15-13-35)59-45(58)34-8-6-21-50(30-34)22-7-10-38(43-32(2)17-27-61-43)44-33(3)18-28-62-44/h10,12-15,17-18,27-28,31,34H,4-9,11,16,19-26,29-30H2,1-3H3,(H,46,53)(H,47,54)(H,56,57)/t34-/m1/s1. The Balaban J connectivity index is 0.962. The second kappa shape index (κ2) is 25.3. The molecule has 3 aromatic heterocycles. The zero-order chi connectivity index (χ0) is 44.3. The lowest BCUT2D eigenvalue weighted by atomic mass is 9.98. The van der Waals surface area contributed by atoms with Gasteiger partial charge in [-0.2, -0.15) is 11.8 Å². The topological polar surface area (TPSA) is 176 Å². The molecular formula is C45H59N7O7S3. The van der Waals surface area contributed by atoms with E-state index in [-0.39, 0.29) is 42.5 Å². The summed E-state index contributed by atoms with van der Waals surface area (Å²) in [4.78, 5) is 68.0. The summed E-state index contributed by atoms with van der Waals surface area (Å²) in [5.41, 5.74) is 5.21. The van der Waals surface area contributed by atoms with Crippen molar-refractivity contribution in [3.63, 3.8) is 0 Å². The molecule has 1 aromatic carbocycles. The fraction of sp³-hybridized carbons (Fsp3) is 0.489. The monoisotopic (exact) mass is 905 g/mol. The number of carbonyl (C=O) groups is 5. The van der Waals surface area contributed by atoms with Crippen LogP contribution in [0.15, 0.2) is 59.4 Å². The Labute approximate surface area is 376 Å². The van der Waals surface area contributed by atoms with Gasteiger partial charge in [-0.05, 0) is 111 Å². The molecule has 1 atom stereocenters. The molecule has 62 heavy (non-hydrogen) atoms. The molecule has 0 spiro atoms. The number of esters is 1. The van der Waals surface area contributed by atoms with Crippen molar-refractivity contribution in [1.29, 1.82) is 0 Å². The predicted molar refractivity (Wildman–Crippen MR) is 247 cm³/mol. The number of piperidine rings is 1. The highest BCUT2D eigenvalue weighted by molar-refractivity contribution is 7.99. The Morgan fingerprint density at radius 2 is 1.69 bits per heavy atom. The number of ether oxygens (including phenoxy) is 1. The van der Waals surface area contributed by atoms with E-state index in [4.69, 9.17) is 9.84 Å². The SMILES string of the molecule is CCC(=O)N(CCNC(=O)CCCc1cn(CCC(=O)Nc2ccc(OC(=O)[C@@H]3CCCN(CCC=C(c4sccc4C)c4sccc4C)C3)cc2)nn1)CCSCCC(=O)O. The van der Waals surface area contributed by atoms with Crippen molar-refractivity contribution in [2.24, 2.45) is 5.92 Å². The number of thioether (sulfide) groups is 1. The molecule has 0 bridgehead atoms. The van der Waals surface area contributed by atoms with Crippen LogP contribution < -0.4 is 15.4 Å². The molecule has 3 N–H and O–H groups in total. The summed E-state index contributed by atoms with van der Waals surface area (Å²) in [5.74, 6) is -0.0116. The number of rotatable bonds is 25. The second-order valence-electron chi connectivity index (χ2n) is 15.3. The maximum atomic E-state index is 13.2. The Hall–Kier alpha value is -4.84. The molecule has 4 aromatic rings. The number of aryl methyl sites for hydroxylation is 4. The minimum atomic E-state index is -0.839. The Morgan fingerprint density at radius 1 is 0.952 bits per heavy atom. The first-order chi connectivity index (χ1) is 30.0. The molecule has 14 nitrogen and oxygen atoms in total. The first-order valence-electron chi connectivity index (χ1n) is 21.3. The van der Waals surface area contributed by atoms with Crippen molar-refractivity contribution in [3.05, 3.63) is 86.0 Å². The predicted octanol–water partition coefficient (Wildman–Crippen LogP) is 7.07. The van der Waals surface area contributed by atoms with Gasteiger partial charge in [0.25, 0.3) is 0 Å². The van der Waals surface area contributed by atoms with Crippen LogP contribution in [0.5, 0.6) is 5.75 Å². The average molecular weight is 906 g/mol. The molecular weight excluding hydrogens is 847 g/mol. The van der Waals surface area contributed by atoms with Gasteiger partial charge in [-0.3, -0.25) is 28.7 Å². The number of carbonyl (C=O) groups excluding carboxylic acids is 4. The van der Waals surface area contributed by atoms with E-state index in [9.17, 15) is 24.0 Å². The van der Waals surface area contributed by atoms with Gasteiger partial charge in [0.05, 0.1) is 24.6 Å². The smallest absolute Gasteiger partial charge is 0.315 e. The minimum absolute atomic E-state index is 0.00640. The largest absolute Gasteiger partial charge is 0.481 e. The number of nitrogens with zero attached hydrogens (tertiary/aromatic N) is 5. The van der Waals surface area contributed by atoms with E-state index in [1.54, 1.807) is 69.6 Å². The molecule has 1 aliphatic heterocycles. The van der Waals surface area contributed by atoms with Gasteiger partial charge < -0.3 is 30.3 Å². The van der Waals surface area contributed by atoms with Crippen LogP contribution >= 0.6 is 34.4 Å². The quantitative estimate of drug-likeness (QED) is 0.0352. The van der Waals surface area contributed by atoms with Crippen LogP contribution in [0.1, 0.15) is 84.9 Å². The molecule has 1 fully saturated rings. The van der Waals surface area contributed by atoms with Gasteiger partial charge >= 0.3 is 11.9 Å². The number of carboxylic acids is 1. The van der Waals surface area contributed by atoms with E-state index in [1.807, 2.05) is 0 Å². The number of thiophene rings is 2. The number of aromatic nitrogens is 3. The summed E-state index contributed by atoms with van der Waals surface area (Å²) in [7, 11) is 0. The fourth-order valence-electron chi connectivity index (χ4n) is 7.11. The van der Waals surface area contributed by atoms with Crippen LogP contribution in [0.2, 0.25) is 0 Å². The van der Waals surface area contributed by atoms with Gasteiger partial charge in [0.15, 0.2) is 0 Å². The highest BCUT2D eigenvalue weighted by Gasteiger charge is 2.27. The number of hydrogen-bond acceptors (Lipinski definition) is 12. The Morgan fingerprint density at radius 3 is 2.37 bits per heavy atom. The molecule has 1 saturated heterocycles. The van der Waals surface area contributed by atoms with E-state index >= 15 is 0 Å². The summed E-state index contributed by atoms with van der Waals surface area (Å²) in [6.45, 7) is 10.2. The highest BCUT2D eigenvalue weighted by atomic mass is 32.2. The normalized spacial score (nSPS) is 14.0. The van der Waals surface area contributed by atoms with Crippen molar-refractivity contribution in [2.75, 3.05) is 56.1 Å². The molecule has 4 heterocycles. The molecule has 5 rings (SSSR count). The fourth-order valence-corrected chi connectivity index (χ4v) is 9.99. The lowest BCUT2D eigenvalue weighted by Crippen LogP contribution is -2.40. The lowest BCUT2D eigenvalue weighted by Gasteiger charge is -2.31. The summed E-state index contributed by atoms with van der Waals surface area (Å²) < 4.78 is 7.39. The average Bonchev–Trinajstić information content (AvgIpc) is 4.02.